The second kappa shape index (κ2) is 6.86. The Balaban J connectivity index is 1.67. The summed E-state index contributed by atoms with van der Waals surface area (Å²) in [5, 5.41) is 0. The molecule has 25 heavy (non-hydrogen) atoms. The minimum Gasteiger partial charge on any atom is -0.361 e. The van der Waals surface area contributed by atoms with Gasteiger partial charge in [0.1, 0.15) is 0 Å². The number of aliphatic imine (C=N–C) groups is 1. The van der Waals surface area contributed by atoms with Crippen molar-refractivity contribution in [1.82, 2.24) is 9.97 Å². The molecule has 1 aliphatic rings. The second-order valence-electron chi connectivity index (χ2n) is 5.54. The minimum atomic E-state index is 0.957. The predicted molar refractivity (Wildman–Crippen MR) is 101 cm³/mol. The van der Waals surface area contributed by atoms with Crippen LogP contribution < -0.4 is 0 Å². The molecule has 0 bridgehead atoms. The Bertz CT molecular complexity index is 996. The Kier molecular flexibility index (Phi) is 4.09. The van der Waals surface area contributed by atoms with E-state index in [4.69, 9.17) is 0 Å². The van der Waals surface area contributed by atoms with Crippen molar-refractivity contribution < 1.29 is 0 Å². The van der Waals surface area contributed by atoms with Crippen LogP contribution in [0.3, 0.4) is 0 Å². The van der Waals surface area contributed by atoms with Gasteiger partial charge in [-0.2, -0.15) is 0 Å². The third kappa shape index (κ3) is 3.34. The van der Waals surface area contributed by atoms with Crippen LogP contribution in [0.4, 0.5) is 0 Å². The SMILES string of the molecule is C(#Cc1ccc(/C(=C2\C=CC=N2)c2ccc[nH]2)cc1)c1ccncc1. The number of nitrogens with one attached hydrogen (secondary N) is 1. The summed E-state index contributed by atoms with van der Waals surface area (Å²) in [6.07, 6.45) is 11.2. The molecule has 2 aromatic heterocycles. The fourth-order valence-corrected chi connectivity index (χ4v) is 2.68. The zero-order chi connectivity index (χ0) is 16.9. The standard InChI is InChI=1S/C22H15N3/c1-3-20(24-13-1)22(21-4-2-14-25-21)19-9-7-17(8-10-19)5-6-18-11-15-23-16-12-18/h1-4,7-16,24H/b22-21-. The molecule has 3 heterocycles. The van der Waals surface area contributed by atoms with Crippen LogP contribution in [0.25, 0.3) is 5.57 Å². The van der Waals surface area contributed by atoms with Gasteiger partial charge in [-0.05, 0) is 54.1 Å². The summed E-state index contributed by atoms with van der Waals surface area (Å²) in [5.74, 6) is 6.34. The molecule has 118 valence electrons. The molecule has 0 radical (unpaired) electrons. The van der Waals surface area contributed by atoms with Crippen LogP contribution in [0.1, 0.15) is 22.4 Å². The Labute approximate surface area is 146 Å². The number of H-pyrrole nitrogens is 1. The summed E-state index contributed by atoms with van der Waals surface area (Å²) in [4.78, 5) is 11.7. The zero-order valence-corrected chi connectivity index (χ0v) is 13.5. The summed E-state index contributed by atoms with van der Waals surface area (Å²) in [5.41, 5.74) is 6.13. The van der Waals surface area contributed by atoms with E-state index in [0.717, 1.165) is 33.7 Å². The van der Waals surface area contributed by atoms with Gasteiger partial charge < -0.3 is 4.98 Å². The first-order valence-electron chi connectivity index (χ1n) is 8.01. The number of rotatable bonds is 2. The molecule has 1 N–H and O–H groups in total. The van der Waals surface area contributed by atoms with E-state index in [1.807, 2.05) is 54.9 Å². The molecule has 0 fully saturated rings. The Morgan fingerprint density at radius 3 is 2.28 bits per heavy atom. The van der Waals surface area contributed by atoms with Gasteiger partial charge in [-0.25, -0.2) is 0 Å². The van der Waals surface area contributed by atoms with Gasteiger partial charge >= 0.3 is 0 Å². The highest BCUT2D eigenvalue weighted by Gasteiger charge is 2.12. The predicted octanol–water partition coefficient (Wildman–Crippen LogP) is 4.21. The minimum absolute atomic E-state index is 0.957. The lowest BCUT2D eigenvalue weighted by Gasteiger charge is -2.08. The molecule has 3 heteroatoms. The molecule has 0 amide bonds. The van der Waals surface area contributed by atoms with Crippen molar-refractivity contribution in [2.45, 2.75) is 0 Å². The van der Waals surface area contributed by atoms with Crippen molar-refractivity contribution >= 4 is 11.8 Å². The monoisotopic (exact) mass is 321 g/mol. The quantitative estimate of drug-likeness (QED) is 0.706. The van der Waals surface area contributed by atoms with Crippen LogP contribution >= 0.6 is 0 Å². The topological polar surface area (TPSA) is 41.0 Å². The summed E-state index contributed by atoms with van der Waals surface area (Å²) < 4.78 is 0. The molecule has 0 saturated heterocycles. The van der Waals surface area contributed by atoms with Gasteiger partial charge in [0, 0.05) is 47.2 Å². The average molecular weight is 321 g/mol. The number of allylic oxidation sites excluding steroid dienone is 2. The molecule has 0 atom stereocenters. The van der Waals surface area contributed by atoms with E-state index in [1.165, 1.54) is 0 Å². The van der Waals surface area contributed by atoms with Gasteiger partial charge in [-0.1, -0.05) is 24.0 Å². The van der Waals surface area contributed by atoms with Crippen LogP contribution in [0.2, 0.25) is 0 Å². The first-order valence-corrected chi connectivity index (χ1v) is 8.01. The molecule has 3 aromatic rings. The highest BCUT2D eigenvalue weighted by Crippen LogP contribution is 2.28. The lowest BCUT2D eigenvalue weighted by molar-refractivity contribution is 1.32. The maximum Gasteiger partial charge on any atom is 0.0729 e. The van der Waals surface area contributed by atoms with Crippen molar-refractivity contribution in [2.24, 2.45) is 4.99 Å². The number of pyridine rings is 1. The normalized spacial score (nSPS) is 14.2. The number of aromatic amines is 1. The van der Waals surface area contributed by atoms with E-state index in [2.05, 4.69) is 45.0 Å². The van der Waals surface area contributed by atoms with E-state index in [9.17, 15) is 0 Å². The number of hydrogen-bond donors (Lipinski definition) is 1. The van der Waals surface area contributed by atoms with E-state index in [0.29, 0.717) is 0 Å². The van der Waals surface area contributed by atoms with Crippen LogP contribution in [0.15, 0.2) is 90.0 Å². The van der Waals surface area contributed by atoms with Gasteiger partial charge in [0.25, 0.3) is 0 Å². The number of nitrogens with zero attached hydrogens (tertiary/aromatic N) is 2. The van der Waals surface area contributed by atoms with E-state index >= 15 is 0 Å². The van der Waals surface area contributed by atoms with Crippen molar-refractivity contribution in [3.8, 4) is 11.8 Å². The lowest BCUT2D eigenvalue weighted by atomic mass is 9.99. The maximum absolute atomic E-state index is 4.46. The van der Waals surface area contributed by atoms with Gasteiger partial charge in [0.15, 0.2) is 0 Å². The van der Waals surface area contributed by atoms with E-state index in [-0.39, 0.29) is 0 Å². The van der Waals surface area contributed by atoms with Crippen LogP contribution in [-0.4, -0.2) is 16.2 Å². The van der Waals surface area contributed by atoms with Crippen LogP contribution in [0.5, 0.6) is 0 Å². The molecule has 1 aliphatic heterocycles. The summed E-state index contributed by atoms with van der Waals surface area (Å²) in [6.45, 7) is 0. The number of hydrogen-bond acceptors (Lipinski definition) is 2. The molecular weight excluding hydrogens is 306 g/mol. The van der Waals surface area contributed by atoms with Gasteiger partial charge in [-0.15, -0.1) is 0 Å². The summed E-state index contributed by atoms with van der Waals surface area (Å²) >= 11 is 0. The molecular formula is C22H15N3. The molecule has 0 aliphatic carbocycles. The first-order chi connectivity index (χ1) is 12.4. The molecule has 0 spiro atoms. The summed E-state index contributed by atoms with van der Waals surface area (Å²) in [7, 11) is 0. The first kappa shape index (κ1) is 14.9. The fourth-order valence-electron chi connectivity index (χ4n) is 2.68. The molecule has 0 unspecified atom stereocenters. The zero-order valence-electron chi connectivity index (χ0n) is 13.5. The van der Waals surface area contributed by atoms with Crippen LogP contribution in [0, 0.1) is 11.8 Å². The maximum atomic E-state index is 4.46. The second-order valence-corrected chi connectivity index (χ2v) is 5.54. The number of benzene rings is 1. The van der Waals surface area contributed by atoms with Gasteiger partial charge in [0.05, 0.1) is 5.70 Å². The highest BCUT2D eigenvalue weighted by molar-refractivity contribution is 5.88. The molecule has 4 rings (SSSR count). The van der Waals surface area contributed by atoms with E-state index in [1.54, 1.807) is 12.4 Å². The molecule has 0 saturated carbocycles. The van der Waals surface area contributed by atoms with Gasteiger partial charge in [0.2, 0.25) is 0 Å². The smallest absolute Gasteiger partial charge is 0.0729 e. The highest BCUT2D eigenvalue weighted by atomic mass is 14.8. The summed E-state index contributed by atoms with van der Waals surface area (Å²) in [6, 6.07) is 16.1. The Morgan fingerprint density at radius 2 is 1.64 bits per heavy atom. The fraction of sp³-hybridized carbons (Fsp3) is 0. The molecule has 1 aromatic carbocycles. The molecule has 3 nitrogen and oxygen atoms in total. The average Bonchev–Trinajstić information content (AvgIpc) is 3.37. The largest absolute Gasteiger partial charge is 0.361 e. The Hall–Kier alpha value is -3.64. The van der Waals surface area contributed by atoms with Crippen molar-refractivity contribution in [3.05, 3.63) is 107 Å². The van der Waals surface area contributed by atoms with Crippen molar-refractivity contribution in [2.75, 3.05) is 0 Å². The third-order valence-electron chi connectivity index (χ3n) is 3.88. The van der Waals surface area contributed by atoms with Crippen molar-refractivity contribution in [1.29, 1.82) is 0 Å². The van der Waals surface area contributed by atoms with E-state index < -0.39 is 0 Å². The lowest BCUT2D eigenvalue weighted by Crippen LogP contribution is -1.92. The third-order valence-corrected chi connectivity index (χ3v) is 3.88. The van der Waals surface area contributed by atoms with Gasteiger partial charge in [-0.3, -0.25) is 9.98 Å². The number of aromatic nitrogens is 2. The Morgan fingerprint density at radius 1 is 0.880 bits per heavy atom. The van der Waals surface area contributed by atoms with Crippen molar-refractivity contribution in [3.63, 3.8) is 0 Å². The van der Waals surface area contributed by atoms with Crippen LogP contribution in [-0.2, 0) is 0 Å².